The van der Waals surface area contributed by atoms with Crippen LogP contribution in [0.15, 0.2) is 68.6 Å². The minimum atomic E-state index is -1.30. The number of carbonyl (C=O) groups is 8. The van der Waals surface area contributed by atoms with Gasteiger partial charge in [-0.3, -0.25) is 19.2 Å². The number of amides is 2. The Morgan fingerprint density at radius 2 is 0.853 bits per heavy atom. The second-order valence-corrected chi connectivity index (χ2v) is 16.2. The van der Waals surface area contributed by atoms with Gasteiger partial charge in [0.1, 0.15) is 6.54 Å². The van der Waals surface area contributed by atoms with Gasteiger partial charge in [0.15, 0.2) is 34.3 Å². The average Bonchev–Trinajstić information content (AvgIpc) is 3.40. The summed E-state index contributed by atoms with van der Waals surface area (Å²) >= 11 is 0. The van der Waals surface area contributed by atoms with Gasteiger partial charge in [-0.2, -0.15) is 0 Å². The first-order chi connectivity index (χ1) is 36.1. The van der Waals surface area contributed by atoms with Crippen molar-refractivity contribution in [2.75, 3.05) is 61.7 Å². The van der Waals surface area contributed by atoms with Gasteiger partial charge >= 0.3 is 42.5 Å². The molecule has 4 rings (SSSR count). The van der Waals surface area contributed by atoms with E-state index in [9.17, 15) is 53.1 Å². The van der Waals surface area contributed by atoms with Crippen LogP contribution in [-0.2, 0) is 35.0 Å². The molecule has 0 radical (unpaired) electrons. The summed E-state index contributed by atoms with van der Waals surface area (Å²) in [4.78, 5) is 128. The zero-order valence-corrected chi connectivity index (χ0v) is 42.1. The van der Waals surface area contributed by atoms with Gasteiger partial charge in [-0.05, 0) is 62.1 Å². The second kappa shape index (κ2) is 30.4. The van der Waals surface area contributed by atoms with E-state index in [0.29, 0.717) is 64.2 Å². The monoisotopic (exact) mass is 1050 g/mol. The van der Waals surface area contributed by atoms with Crippen molar-refractivity contribution in [2.45, 2.75) is 83.6 Å². The highest BCUT2D eigenvalue weighted by molar-refractivity contribution is 6.00. The number of methoxy groups -OCH3 is 5. The van der Waals surface area contributed by atoms with Crippen LogP contribution >= 0.6 is 0 Å². The van der Waals surface area contributed by atoms with E-state index in [-0.39, 0.29) is 71.3 Å². The predicted octanol–water partition coefficient (Wildman–Crippen LogP) is 7.73. The fourth-order valence-electron chi connectivity index (χ4n) is 7.48. The molecule has 406 valence electrons. The van der Waals surface area contributed by atoms with E-state index < -0.39 is 72.2 Å². The molecule has 0 bridgehead atoms. The van der Waals surface area contributed by atoms with Crippen LogP contribution in [0.2, 0.25) is 0 Å². The van der Waals surface area contributed by atoms with E-state index in [1.54, 1.807) is 4.90 Å². The number of hydrogen-bond acceptors (Lipinski definition) is 21. The standard InChI is InChI=1S/C50H59N3O22/c1-65-46(60)70-35-24-20-23-34-39(35)73-45(59)53(44(34)58)30-17-13-9-8-11-15-28-51(42(56)32-21-18-25-36(71-47(61)66-2)40(32)74-49(63)68-4)27-14-10-6-7-12-16-29-52(31-38(54)55)43(57)33-22-19-26-37(72-48(62)67-3)41(33)75-50(64)69-5/h18-26H,6-17,27-31H2,1-5H3,(H,54,55). The summed E-state index contributed by atoms with van der Waals surface area (Å²) < 4.78 is 54.8. The number of carboxylic acid groups (broad SMARTS) is 1. The van der Waals surface area contributed by atoms with Gasteiger partial charge in [-0.1, -0.05) is 69.6 Å². The molecule has 75 heavy (non-hydrogen) atoms. The van der Waals surface area contributed by atoms with Crippen LogP contribution in [0.5, 0.6) is 28.7 Å². The summed E-state index contributed by atoms with van der Waals surface area (Å²) in [7, 11) is 5.33. The molecule has 1 N–H and O–H groups in total. The summed E-state index contributed by atoms with van der Waals surface area (Å²) in [6, 6.07) is 12.3. The molecule has 0 fully saturated rings. The van der Waals surface area contributed by atoms with Crippen molar-refractivity contribution in [2.24, 2.45) is 0 Å². The molecule has 0 unspecified atom stereocenters. The Balaban J connectivity index is 1.37. The Labute approximate surface area is 428 Å². The normalized spacial score (nSPS) is 10.6. The lowest BCUT2D eigenvalue weighted by Gasteiger charge is -2.24. The van der Waals surface area contributed by atoms with E-state index >= 15 is 0 Å². The molecule has 0 spiro atoms. The van der Waals surface area contributed by atoms with E-state index in [0.717, 1.165) is 57.9 Å². The van der Waals surface area contributed by atoms with Crippen LogP contribution in [0.1, 0.15) is 97.8 Å². The van der Waals surface area contributed by atoms with Gasteiger partial charge in [0.2, 0.25) is 0 Å². The number of rotatable bonds is 27. The Morgan fingerprint density at radius 3 is 1.31 bits per heavy atom. The summed E-state index contributed by atoms with van der Waals surface area (Å²) in [5.74, 6) is -5.15. The van der Waals surface area contributed by atoms with Crippen molar-refractivity contribution in [3.05, 3.63) is 86.6 Å². The molecule has 25 heteroatoms. The first-order valence-corrected chi connectivity index (χ1v) is 23.6. The van der Waals surface area contributed by atoms with Gasteiger partial charge in [0.25, 0.3) is 17.4 Å². The van der Waals surface area contributed by atoms with Crippen molar-refractivity contribution in [3.63, 3.8) is 0 Å². The van der Waals surface area contributed by atoms with Crippen LogP contribution < -0.4 is 35.0 Å². The molecule has 1 heterocycles. The number of para-hydroxylation sites is 3. The van der Waals surface area contributed by atoms with Gasteiger partial charge in [-0.25, -0.2) is 33.3 Å². The third kappa shape index (κ3) is 17.8. The van der Waals surface area contributed by atoms with Gasteiger partial charge < -0.3 is 66.7 Å². The van der Waals surface area contributed by atoms with Crippen molar-refractivity contribution in [1.82, 2.24) is 14.4 Å². The van der Waals surface area contributed by atoms with Crippen LogP contribution in [0.25, 0.3) is 11.0 Å². The van der Waals surface area contributed by atoms with Gasteiger partial charge in [-0.15, -0.1) is 0 Å². The van der Waals surface area contributed by atoms with Gasteiger partial charge in [0.05, 0.1) is 52.1 Å². The van der Waals surface area contributed by atoms with Crippen molar-refractivity contribution in [1.29, 1.82) is 0 Å². The van der Waals surface area contributed by atoms with E-state index in [1.807, 2.05) is 0 Å². The van der Waals surface area contributed by atoms with E-state index in [2.05, 4.69) is 23.7 Å². The average molecular weight is 1050 g/mol. The van der Waals surface area contributed by atoms with Crippen molar-refractivity contribution in [3.8, 4) is 28.7 Å². The third-order valence-electron chi connectivity index (χ3n) is 11.1. The SMILES string of the molecule is COC(=O)Oc1cccc(C(=O)N(CCCCCCCCN(CC(=O)O)C(=O)c2cccc(OC(=O)OC)c2OC(=O)OC)CCCCCCCCn2c(=O)oc3c(OC(=O)OC)cccc3c2=O)c1OC(=O)OC. The molecule has 25 nitrogen and oxygen atoms in total. The Bertz CT molecular complexity index is 2770. The molecule has 0 aliphatic heterocycles. The largest absolute Gasteiger partial charge is 0.513 e. The summed E-state index contributed by atoms with van der Waals surface area (Å²) in [5, 5.41) is 9.69. The quantitative estimate of drug-likeness (QED) is 0.0258. The number of aromatic nitrogens is 1. The number of aliphatic carboxylic acids is 1. The number of fused-ring (bicyclic) bond motifs is 1. The topological polar surface area (TPSA) is 308 Å². The Hall–Kier alpha value is -8.64. The number of hydrogen-bond donors (Lipinski definition) is 1. The lowest BCUT2D eigenvalue weighted by Crippen LogP contribution is -2.36. The minimum Gasteiger partial charge on any atom is -0.480 e. The maximum atomic E-state index is 14.3. The minimum absolute atomic E-state index is 0.00141. The fraction of sp³-hybridized carbons (Fsp3) is 0.440. The zero-order valence-electron chi connectivity index (χ0n) is 42.1. The van der Waals surface area contributed by atoms with Crippen LogP contribution in [0.4, 0.5) is 24.0 Å². The molecule has 3 aromatic carbocycles. The Kier molecular flexibility index (Phi) is 23.9. The van der Waals surface area contributed by atoms with Crippen LogP contribution in [0.3, 0.4) is 0 Å². The first kappa shape index (κ1) is 58.9. The van der Waals surface area contributed by atoms with Crippen LogP contribution in [0, 0.1) is 0 Å². The molecule has 0 aliphatic rings. The molecular weight excluding hydrogens is 995 g/mol. The first-order valence-electron chi connectivity index (χ1n) is 23.6. The highest BCUT2D eigenvalue weighted by Gasteiger charge is 2.28. The van der Waals surface area contributed by atoms with Gasteiger partial charge in [0, 0.05) is 26.2 Å². The molecular formula is C50H59N3O22. The second-order valence-electron chi connectivity index (χ2n) is 16.2. The fourth-order valence-corrected chi connectivity index (χ4v) is 7.48. The molecule has 4 aromatic rings. The summed E-state index contributed by atoms with van der Waals surface area (Å²) in [6.45, 7) is -0.0524. The highest BCUT2D eigenvalue weighted by atomic mass is 16.8. The number of carbonyl (C=O) groups excluding carboxylic acids is 7. The highest BCUT2D eigenvalue weighted by Crippen LogP contribution is 2.35. The Morgan fingerprint density at radius 1 is 0.480 bits per heavy atom. The van der Waals surface area contributed by atoms with E-state index in [1.165, 1.54) is 54.6 Å². The lowest BCUT2D eigenvalue weighted by molar-refractivity contribution is -0.137. The number of ether oxygens (including phenoxy) is 10. The zero-order chi connectivity index (χ0) is 54.9. The van der Waals surface area contributed by atoms with E-state index in [4.69, 9.17) is 28.1 Å². The molecule has 2 amide bonds. The number of benzene rings is 3. The van der Waals surface area contributed by atoms with Crippen molar-refractivity contribution >= 4 is 59.5 Å². The maximum Gasteiger partial charge on any atom is 0.513 e. The molecule has 0 aliphatic carbocycles. The summed E-state index contributed by atoms with van der Waals surface area (Å²) in [5.41, 5.74) is -1.14. The molecule has 0 atom stereocenters. The number of nitrogens with zero attached hydrogens (tertiary/aromatic N) is 3. The number of carboxylic acids is 1. The smallest absolute Gasteiger partial charge is 0.480 e. The lowest BCUT2D eigenvalue weighted by atomic mass is 10.1. The third-order valence-corrected chi connectivity index (χ3v) is 11.1. The molecule has 0 saturated heterocycles. The van der Waals surface area contributed by atoms with Crippen LogP contribution in [-0.4, -0.2) is 130 Å². The molecule has 1 aromatic heterocycles. The maximum absolute atomic E-state index is 14.3. The van der Waals surface area contributed by atoms with Crippen molar-refractivity contribution < 1.29 is 95.2 Å². The predicted molar refractivity (Wildman–Crippen MR) is 260 cm³/mol. The summed E-state index contributed by atoms with van der Waals surface area (Å²) in [6.07, 6.45) is 1.61. The number of unbranched alkanes of at least 4 members (excludes halogenated alkanes) is 10. The molecule has 0 saturated carbocycles.